The molecule has 4 rings (SSSR count). The van der Waals surface area contributed by atoms with Crippen molar-refractivity contribution in [2.24, 2.45) is 0 Å². The van der Waals surface area contributed by atoms with Gasteiger partial charge in [-0.3, -0.25) is 4.79 Å². The molecule has 6 nitrogen and oxygen atoms in total. The van der Waals surface area contributed by atoms with E-state index in [1.54, 1.807) is 17.5 Å². The summed E-state index contributed by atoms with van der Waals surface area (Å²) in [5.41, 5.74) is 1.15. The maximum absolute atomic E-state index is 12.7. The highest BCUT2D eigenvalue weighted by Crippen LogP contribution is 2.45. The summed E-state index contributed by atoms with van der Waals surface area (Å²) < 4.78 is 6.33. The summed E-state index contributed by atoms with van der Waals surface area (Å²) in [6.07, 6.45) is 9.49. The molecule has 2 aromatic rings. The van der Waals surface area contributed by atoms with Crippen molar-refractivity contribution < 1.29 is 9.53 Å². The molecule has 7 heteroatoms. The number of amides is 1. The Morgan fingerprint density at radius 1 is 1.43 bits per heavy atom. The number of H-pyrrole nitrogens is 1. The predicted molar refractivity (Wildman–Crippen MR) is 111 cm³/mol. The summed E-state index contributed by atoms with van der Waals surface area (Å²) in [7, 11) is 0. The molecule has 0 atom stereocenters. The third-order valence-electron chi connectivity index (χ3n) is 5.83. The van der Waals surface area contributed by atoms with E-state index in [9.17, 15) is 4.79 Å². The van der Waals surface area contributed by atoms with E-state index in [1.807, 2.05) is 6.20 Å². The fourth-order valence-electron chi connectivity index (χ4n) is 4.34. The fraction of sp³-hybridized carbons (Fsp3) is 0.619. The van der Waals surface area contributed by atoms with Crippen LogP contribution in [0, 0.1) is 0 Å². The van der Waals surface area contributed by atoms with Crippen LogP contribution in [0.3, 0.4) is 0 Å². The summed E-state index contributed by atoms with van der Waals surface area (Å²) in [4.78, 5) is 24.6. The Hall–Kier alpha value is -1.70. The first-order valence-corrected chi connectivity index (χ1v) is 11.3. The van der Waals surface area contributed by atoms with Gasteiger partial charge in [-0.2, -0.15) is 0 Å². The molecule has 1 spiro atoms. The van der Waals surface area contributed by atoms with E-state index in [-0.39, 0.29) is 11.5 Å². The van der Waals surface area contributed by atoms with Crippen LogP contribution >= 0.6 is 11.3 Å². The Morgan fingerprint density at radius 3 is 3.04 bits per heavy atom. The lowest BCUT2D eigenvalue weighted by molar-refractivity contribution is -0.0949. The minimum absolute atomic E-state index is 0.0393. The van der Waals surface area contributed by atoms with E-state index in [0.717, 1.165) is 62.5 Å². The van der Waals surface area contributed by atoms with Crippen LogP contribution < -0.4 is 5.32 Å². The molecule has 0 unspecified atom stereocenters. The lowest BCUT2D eigenvalue weighted by atomic mass is 9.85. The lowest BCUT2D eigenvalue weighted by Gasteiger charge is -2.43. The molecule has 28 heavy (non-hydrogen) atoms. The maximum Gasteiger partial charge on any atom is 0.261 e. The van der Waals surface area contributed by atoms with Gasteiger partial charge in [0.05, 0.1) is 11.5 Å². The molecule has 0 aromatic carbocycles. The quantitative estimate of drug-likeness (QED) is 0.698. The highest BCUT2D eigenvalue weighted by atomic mass is 32.1. The van der Waals surface area contributed by atoms with Crippen molar-refractivity contribution in [2.75, 3.05) is 32.8 Å². The second-order valence-corrected chi connectivity index (χ2v) is 8.85. The molecule has 0 bridgehead atoms. The molecule has 2 aliphatic rings. The van der Waals surface area contributed by atoms with E-state index in [2.05, 4.69) is 33.2 Å². The number of imidazole rings is 1. The van der Waals surface area contributed by atoms with Crippen LogP contribution in [0.1, 0.15) is 58.5 Å². The molecule has 1 amide bonds. The Kier molecular flexibility index (Phi) is 6.13. The summed E-state index contributed by atoms with van der Waals surface area (Å²) >= 11 is 1.65. The van der Waals surface area contributed by atoms with Gasteiger partial charge >= 0.3 is 0 Å². The third-order valence-corrected chi connectivity index (χ3v) is 7.19. The van der Waals surface area contributed by atoms with E-state index in [1.165, 1.54) is 23.4 Å². The standard InChI is InChI=1S/C21H30N4O2S/c1-2-11-25-12-6-21(7-13-25)19-16(5-14-27-21)15-17(28-19)20(26)24-8-3-4-18-22-9-10-23-18/h9-10,15H,2-8,11-14H2,1H3,(H,22,23)(H,24,26). The van der Waals surface area contributed by atoms with Crippen molar-refractivity contribution in [3.05, 3.63) is 39.6 Å². The molecule has 152 valence electrons. The normalized spacial score (nSPS) is 18.9. The molecule has 0 radical (unpaired) electrons. The summed E-state index contributed by atoms with van der Waals surface area (Å²) in [6.45, 7) is 6.99. The molecular formula is C21H30N4O2S. The van der Waals surface area contributed by atoms with E-state index >= 15 is 0 Å². The number of carbonyl (C=O) groups excluding carboxylic acids is 1. The second kappa shape index (κ2) is 8.76. The Balaban J connectivity index is 1.37. The Labute approximate surface area is 170 Å². The van der Waals surface area contributed by atoms with Gasteiger partial charge in [0.2, 0.25) is 0 Å². The van der Waals surface area contributed by atoms with Gasteiger partial charge in [-0.05, 0) is 50.3 Å². The minimum atomic E-state index is -0.166. The van der Waals surface area contributed by atoms with Crippen molar-refractivity contribution in [2.45, 2.75) is 51.0 Å². The van der Waals surface area contributed by atoms with Crippen LogP contribution in [0.5, 0.6) is 0 Å². The summed E-state index contributed by atoms with van der Waals surface area (Å²) in [5.74, 6) is 1.01. The number of hydrogen-bond acceptors (Lipinski definition) is 5. The molecule has 1 saturated heterocycles. The van der Waals surface area contributed by atoms with Gasteiger partial charge in [-0.1, -0.05) is 6.92 Å². The number of piperidine rings is 1. The minimum Gasteiger partial charge on any atom is -0.369 e. The monoisotopic (exact) mass is 402 g/mol. The number of aryl methyl sites for hydroxylation is 1. The van der Waals surface area contributed by atoms with Crippen molar-refractivity contribution >= 4 is 17.2 Å². The smallest absolute Gasteiger partial charge is 0.261 e. The zero-order valence-electron chi connectivity index (χ0n) is 16.6. The van der Waals surface area contributed by atoms with Gasteiger partial charge in [0.25, 0.3) is 5.91 Å². The highest BCUT2D eigenvalue weighted by molar-refractivity contribution is 7.14. The number of nitrogens with zero attached hydrogens (tertiary/aromatic N) is 2. The number of hydrogen-bond donors (Lipinski definition) is 2. The highest BCUT2D eigenvalue weighted by Gasteiger charge is 2.42. The lowest BCUT2D eigenvalue weighted by Crippen LogP contribution is -2.46. The van der Waals surface area contributed by atoms with Crippen LogP contribution in [-0.2, 0) is 23.2 Å². The molecule has 0 saturated carbocycles. The van der Waals surface area contributed by atoms with Gasteiger partial charge in [0.15, 0.2) is 0 Å². The average molecular weight is 403 g/mol. The van der Waals surface area contributed by atoms with Gasteiger partial charge in [0, 0.05) is 43.3 Å². The number of rotatable bonds is 7. The largest absolute Gasteiger partial charge is 0.369 e. The van der Waals surface area contributed by atoms with Crippen LogP contribution in [-0.4, -0.2) is 53.6 Å². The van der Waals surface area contributed by atoms with Crippen LogP contribution in [0.2, 0.25) is 0 Å². The summed E-state index contributed by atoms with van der Waals surface area (Å²) in [5, 5.41) is 3.07. The van der Waals surface area contributed by atoms with Crippen molar-refractivity contribution in [3.8, 4) is 0 Å². The van der Waals surface area contributed by atoms with Crippen LogP contribution in [0.15, 0.2) is 18.5 Å². The number of thiophene rings is 1. The van der Waals surface area contributed by atoms with Crippen molar-refractivity contribution in [1.29, 1.82) is 0 Å². The predicted octanol–water partition coefficient (Wildman–Crippen LogP) is 3.11. The number of aromatic nitrogens is 2. The van der Waals surface area contributed by atoms with E-state index in [4.69, 9.17) is 4.74 Å². The van der Waals surface area contributed by atoms with Gasteiger partial charge in [0.1, 0.15) is 11.4 Å². The van der Waals surface area contributed by atoms with Crippen LogP contribution in [0.25, 0.3) is 0 Å². The van der Waals surface area contributed by atoms with Crippen molar-refractivity contribution in [1.82, 2.24) is 20.2 Å². The first kappa shape index (κ1) is 19.6. The molecule has 0 aliphatic carbocycles. The number of ether oxygens (including phenoxy) is 1. The zero-order chi connectivity index (χ0) is 19.4. The molecular weight excluding hydrogens is 372 g/mol. The molecule has 1 fully saturated rings. The number of nitrogens with one attached hydrogen (secondary N) is 2. The van der Waals surface area contributed by atoms with Gasteiger partial charge < -0.3 is 19.9 Å². The van der Waals surface area contributed by atoms with E-state index in [0.29, 0.717) is 6.54 Å². The molecule has 4 heterocycles. The molecule has 2 N–H and O–H groups in total. The molecule has 2 aliphatic heterocycles. The Morgan fingerprint density at radius 2 is 2.29 bits per heavy atom. The number of likely N-dealkylation sites (tertiary alicyclic amines) is 1. The number of carbonyl (C=O) groups is 1. The number of aromatic amines is 1. The zero-order valence-corrected chi connectivity index (χ0v) is 17.4. The fourth-order valence-corrected chi connectivity index (χ4v) is 5.67. The van der Waals surface area contributed by atoms with E-state index < -0.39 is 0 Å². The van der Waals surface area contributed by atoms with Gasteiger partial charge in [-0.15, -0.1) is 11.3 Å². The van der Waals surface area contributed by atoms with Gasteiger partial charge in [-0.25, -0.2) is 4.98 Å². The SMILES string of the molecule is CCCN1CCC2(CC1)OCCc1cc(C(=O)NCCCc3ncc[nH]3)sc12. The maximum atomic E-state index is 12.7. The first-order chi connectivity index (χ1) is 13.7. The second-order valence-electron chi connectivity index (χ2n) is 7.79. The average Bonchev–Trinajstić information content (AvgIpc) is 3.38. The van der Waals surface area contributed by atoms with Crippen molar-refractivity contribution in [3.63, 3.8) is 0 Å². The third kappa shape index (κ3) is 4.16. The first-order valence-electron chi connectivity index (χ1n) is 10.5. The number of fused-ring (bicyclic) bond motifs is 2. The topological polar surface area (TPSA) is 70.2 Å². The Bertz CT molecular complexity index is 778. The summed E-state index contributed by atoms with van der Waals surface area (Å²) in [6, 6.07) is 2.10. The molecule has 2 aromatic heterocycles. The van der Waals surface area contributed by atoms with Crippen LogP contribution in [0.4, 0.5) is 0 Å².